The van der Waals surface area contributed by atoms with Gasteiger partial charge in [-0.25, -0.2) is 0 Å². The second-order valence-electron chi connectivity index (χ2n) is 2.90. The average Bonchev–Trinajstić information content (AvgIpc) is 1.93. The van der Waals surface area contributed by atoms with Crippen molar-refractivity contribution in [2.75, 3.05) is 14.1 Å². The van der Waals surface area contributed by atoms with E-state index in [0.29, 0.717) is 0 Å². The summed E-state index contributed by atoms with van der Waals surface area (Å²) in [6.45, 7) is 2.79. The molecule has 1 heterocycles. The summed E-state index contributed by atoms with van der Waals surface area (Å²) in [5, 5.41) is 7.98. The first-order valence-corrected chi connectivity index (χ1v) is 3.62. The van der Waals surface area contributed by atoms with Gasteiger partial charge in [-0.2, -0.15) is 10.2 Å². The zero-order valence-corrected chi connectivity index (χ0v) is 7.20. The third-order valence-electron chi connectivity index (χ3n) is 1.33. The van der Waals surface area contributed by atoms with E-state index in [1.54, 1.807) is 0 Å². The smallest absolute Gasteiger partial charge is 0.0771 e. The molecule has 0 amide bonds. The van der Waals surface area contributed by atoms with Gasteiger partial charge in [-0.15, -0.1) is 0 Å². The van der Waals surface area contributed by atoms with Gasteiger partial charge in [0.05, 0.1) is 11.4 Å². The molecule has 0 radical (unpaired) electrons. The second-order valence-corrected chi connectivity index (χ2v) is 2.90. The molecule has 1 aromatic rings. The Morgan fingerprint density at radius 1 is 1.27 bits per heavy atom. The highest BCUT2D eigenvalue weighted by Gasteiger charge is 1.95. The zero-order valence-electron chi connectivity index (χ0n) is 7.20. The molecule has 60 valence electrons. The van der Waals surface area contributed by atoms with Crippen LogP contribution in [0.5, 0.6) is 0 Å². The van der Waals surface area contributed by atoms with E-state index in [9.17, 15) is 0 Å². The van der Waals surface area contributed by atoms with E-state index in [2.05, 4.69) is 15.1 Å². The fraction of sp³-hybridized carbons (Fsp3) is 0.500. The summed E-state index contributed by atoms with van der Waals surface area (Å²) < 4.78 is 0. The summed E-state index contributed by atoms with van der Waals surface area (Å²) in [6.07, 6.45) is 0. The van der Waals surface area contributed by atoms with Gasteiger partial charge in [0.2, 0.25) is 0 Å². The van der Waals surface area contributed by atoms with E-state index in [1.807, 2.05) is 33.2 Å². The normalized spacial score (nSPS) is 10.5. The lowest BCUT2D eigenvalue weighted by Gasteiger charge is -2.07. The highest BCUT2D eigenvalue weighted by molar-refractivity contribution is 5.04. The maximum atomic E-state index is 4.03. The van der Waals surface area contributed by atoms with E-state index in [1.165, 1.54) is 0 Å². The summed E-state index contributed by atoms with van der Waals surface area (Å²) in [4.78, 5) is 2.07. The molecule has 3 heteroatoms. The van der Waals surface area contributed by atoms with Gasteiger partial charge < -0.3 is 4.90 Å². The predicted molar refractivity (Wildman–Crippen MR) is 44.2 cm³/mol. The van der Waals surface area contributed by atoms with Crippen LogP contribution in [-0.2, 0) is 6.54 Å². The topological polar surface area (TPSA) is 29.0 Å². The van der Waals surface area contributed by atoms with Crippen molar-refractivity contribution in [3.8, 4) is 0 Å². The van der Waals surface area contributed by atoms with Gasteiger partial charge >= 0.3 is 0 Å². The van der Waals surface area contributed by atoms with E-state index >= 15 is 0 Å². The molecule has 0 unspecified atom stereocenters. The minimum atomic E-state index is 0.854. The summed E-state index contributed by atoms with van der Waals surface area (Å²) in [6, 6.07) is 3.98. The van der Waals surface area contributed by atoms with Crippen molar-refractivity contribution >= 4 is 0 Å². The van der Waals surface area contributed by atoms with Crippen LogP contribution in [0.3, 0.4) is 0 Å². The molecule has 0 fully saturated rings. The number of rotatable bonds is 2. The molecule has 11 heavy (non-hydrogen) atoms. The molecule has 0 bridgehead atoms. The van der Waals surface area contributed by atoms with Crippen molar-refractivity contribution in [2.45, 2.75) is 13.5 Å². The minimum absolute atomic E-state index is 0.854. The zero-order chi connectivity index (χ0) is 8.27. The molecular weight excluding hydrogens is 138 g/mol. The Bertz CT molecular complexity index is 215. The molecule has 0 aliphatic heterocycles. The Kier molecular flexibility index (Phi) is 2.54. The molecule has 0 aliphatic rings. The summed E-state index contributed by atoms with van der Waals surface area (Å²) in [5.41, 5.74) is 1.98. The van der Waals surface area contributed by atoms with Crippen molar-refractivity contribution < 1.29 is 0 Å². The van der Waals surface area contributed by atoms with Crippen LogP contribution in [0.2, 0.25) is 0 Å². The predicted octanol–water partition coefficient (Wildman–Crippen LogP) is 0.847. The molecule has 0 N–H and O–H groups in total. The van der Waals surface area contributed by atoms with Crippen molar-refractivity contribution in [1.82, 2.24) is 15.1 Å². The maximum Gasteiger partial charge on any atom is 0.0771 e. The molecule has 1 aromatic heterocycles. The van der Waals surface area contributed by atoms with Crippen molar-refractivity contribution in [1.29, 1.82) is 0 Å². The van der Waals surface area contributed by atoms with Gasteiger partial charge in [-0.3, -0.25) is 0 Å². The summed E-state index contributed by atoms with van der Waals surface area (Å²) in [5.74, 6) is 0. The lowest BCUT2D eigenvalue weighted by molar-refractivity contribution is 0.394. The van der Waals surface area contributed by atoms with Gasteiger partial charge in [-0.05, 0) is 33.2 Å². The fourth-order valence-electron chi connectivity index (χ4n) is 0.835. The molecule has 0 saturated heterocycles. The van der Waals surface area contributed by atoms with E-state index < -0.39 is 0 Å². The standard InChI is InChI=1S/C8H13N3/c1-7-4-5-8(10-9-7)6-11(2)3/h4-5H,6H2,1-3H3. The van der Waals surface area contributed by atoms with E-state index in [4.69, 9.17) is 0 Å². The van der Waals surface area contributed by atoms with Crippen LogP contribution in [0.25, 0.3) is 0 Å². The number of hydrogen-bond donors (Lipinski definition) is 0. The quantitative estimate of drug-likeness (QED) is 0.627. The summed E-state index contributed by atoms with van der Waals surface area (Å²) in [7, 11) is 4.03. The van der Waals surface area contributed by atoms with Crippen molar-refractivity contribution in [3.05, 3.63) is 23.5 Å². The lowest BCUT2D eigenvalue weighted by atomic mass is 10.3. The summed E-state index contributed by atoms with van der Waals surface area (Å²) >= 11 is 0. The van der Waals surface area contributed by atoms with Crippen LogP contribution >= 0.6 is 0 Å². The molecule has 0 spiro atoms. The van der Waals surface area contributed by atoms with Crippen LogP contribution in [0.4, 0.5) is 0 Å². The maximum absolute atomic E-state index is 4.03. The van der Waals surface area contributed by atoms with Crippen molar-refractivity contribution in [2.24, 2.45) is 0 Å². The molecule has 1 rings (SSSR count). The first kappa shape index (κ1) is 8.14. The molecular formula is C8H13N3. The number of nitrogens with zero attached hydrogens (tertiary/aromatic N) is 3. The lowest BCUT2D eigenvalue weighted by Crippen LogP contribution is -2.12. The van der Waals surface area contributed by atoms with Crippen LogP contribution in [0.15, 0.2) is 12.1 Å². The SMILES string of the molecule is Cc1ccc(CN(C)C)nn1. The third-order valence-corrected chi connectivity index (χ3v) is 1.33. The third kappa shape index (κ3) is 2.63. The number of hydrogen-bond acceptors (Lipinski definition) is 3. The van der Waals surface area contributed by atoms with Crippen LogP contribution in [0, 0.1) is 6.92 Å². The largest absolute Gasteiger partial charge is 0.304 e. The number of aryl methyl sites for hydroxylation is 1. The van der Waals surface area contributed by atoms with E-state index in [0.717, 1.165) is 17.9 Å². The molecule has 0 aliphatic carbocycles. The first-order valence-electron chi connectivity index (χ1n) is 3.62. The Balaban J connectivity index is 2.66. The Hall–Kier alpha value is -0.960. The van der Waals surface area contributed by atoms with Gasteiger partial charge in [0.25, 0.3) is 0 Å². The van der Waals surface area contributed by atoms with Gasteiger partial charge in [0.15, 0.2) is 0 Å². The van der Waals surface area contributed by atoms with Crippen molar-refractivity contribution in [3.63, 3.8) is 0 Å². The molecule has 0 atom stereocenters. The Labute approximate surface area is 67.1 Å². The van der Waals surface area contributed by atoms with Crippen LogP contribution in [0.1, 0.15) is 11.4 Å². The van der Waals surface area contributed by atoms with Gasteiger partial charge in [0.1, 0.15) is 0 Å². The average molecular weight is 151 g/mol. The minimum Gasteiger partial charge on any atom is -0.304 e. The number of aromatic nitrogens is 2. The monoisotopic (exact) mass is 151 g/mol. The first-order chi connectivity index (χ1) is 5.18. The molecule has 0 aromatic carbocycles. The van der Waals surface area contributed by atoms with Gasteiger partial charge in [0, 0.05) is 6.54 Å². The Morgan fingerprint density at radius 2 is 2.00 bits per heavy atom. The Morgan fingerprint density at radius 3 is 2.45 bits per heavy atom. The molecule has 0 saturated carbocycles. The van der Waals surface area contributed by atoms with Crippen LogP contribution in [-0.4, -0.2) is 29.2 Å². The fourth-order valence-corrected chi connectivity index (χ4v) is 0.835. The van der Waals surface area contributed by atoms with Gasteiger partial charge in [-0.1, -0.05) is 0 Å². The second kappa shape index (κ2) is 3.44. The van der Waals surface area contributed by atoms with E-state index in [-0.39, 0.29) is 0 Å². The highest BCUT2D eigenvalue weighted by atomic mass is 15.1. The molecule has 3 nitrogen and oxygen atoms in total. The van der Waals surface area contributed by atoms with Crippen LogP contribution < -0.4 is 0 Å². The highest BCUT2D eigenvalue weighted by Crippen LogP contribution is 1.96.